The van der Waals surface area contributed by atoms with Crippen molar-refractivity contribution >= 4 is 10.0 Å². The van der Waals surface area contributed by atoms with Crippen molar-refractivity contribution in [1.82, 2.24) is 0 Å². The van der Waals surface area contributed by atoms with E-state index in [1.165, 1.54) is 0 Å². The molecule has 4 nitrogen and oxygen atoms in total. The Morgan fingerprint density at radius 1 is 1.29 bits per heavy atom. The summed E-state index contributed by atoms with van der Waals surface area (Å²) < 4.78 is 75.9. The predicted molar refractivity (Wildman–Crippen MR) is 49.2 cm³/mol. The minimum atomic E-state index is -4.48. The Kier molecular flexibility index (Phi) is 3.94. The second-order valence-corrected chi connectivity index (χ2v) is 4.49. The standard InChI is InChI=1S/C8H7F4NO3S/c9-4-1-5(10)8(16-3-7(11)12)6(2-4)17(13,14)15/h1-2,7H,3H2,(H2,13,14,15). The Balaban J connectivity index is 3.26. The molecule has 1 aromatic carbocycles. The lowest BCUT2D eigenvalue weighted by atomic mass is 10.3. The topological polar surface area (TPSA) is 69.4 Å². The van der Waals surface area contributed by atoms with Gasteiger partial charge in [-0.2, -0.15) is 0 Å². The zero-order valence-corrected chi connectivity index (χ0v) is 8.98. The van der Waals surface area contributed by atoms with Crippen LogP contribution in [0.1, 0.15) is 0 Å². The van der Waals surface area contributed by atoms with Crippen LogP contribution in [0.3, 0.4) is 0 Å². The van der Waals surface area contributed by atoms with Gasteiger partial charge in [0, 0.05) is 6.07 Å². The zero-order valence-electron chi connectivity index (χ0n) is 8.16. The highest BCUT2D eigenvalue weighted by molar-refractivity contribution is 7.89. The van der Waals surface area contributed by atoms with Gasteiger partial charge in [0.2, 0.25) is 10.0 Å². The van der Waals surface area contributed by atoms with Gasteiger partial charge in [-0.15, -0.1) is 0 Å². The Morgan fingerprint density at radius 3 is 2.35 bits per heavy atom. The molecular formula is C8H7F4NO3S. The summed E-state index contributed by atoms with van der Waals surface area (Å²) in [5.41, 5.74) is 0. The Morgan fingerprint density at radius 2 is 1.88 bits per heavy atom. The van der Waals surface area contributed by atoms with Crippen molar-refractivity contribution in [3.63, 3.8) is 0 Å². The molecule has 0 unspecified atom stereocenters. The molecule has 9 heteroatoms. The van der Waals surface area contributed by atoms with E-state index in [2.05, 4.69) is 9.88 Å². The van der Waals surface area contributed by atoms with Crippen molar-refractivity contribution in [2.45, 2.75) is 11.3 Å². The first kappa shape index (κ1) is 13.7. The second-order valence-electron chi connectivity index (χ2n) is 2.96. The fourth-order valence-corrected chi connectivity index (χ4v) is 1.73. The number of alkyl halides is 2. The summed E-state index contributed by atoms with van der Waals surface area (Å²) in [5.74, 6) is -3.65. The molecule has 0 bridgehead atoms. The van der Waals surface area contributed by atoms with Gasteiger partial charge in [0.05, 0.1) is 0 Å². The number of hydrogen-bond donors (Lipinski definition) is 1. The van der Waals surface area contributed by atoms with Crippen molar-refractivity contribution in [1.29, 1.82) is 0 Å². The normalized spacial score (nSPS) is 11.9. The van der Waals surface area contributed by atoms with Gasteiger partial charge in [0.25, 0.3) is 6.43 Å². The molecule has 0 amide bonds. The average Bonchev–Trinajstić information content (AvgIpc) is 2.13. The van der Waals surface area contributed by atoms with Gasteiger partial charge in [-0.1, -0.05) is 0 Å². The molecule has 96 valence electrons. The van der Waals surface area contributed by atoms with E-state index in [0.717, 1.165) is 0 Å². The molecule has 0 saturated carbocycles. The molecule has 2 N–H and O–H groups in total. The molecule has 1 rings (SSSR count). The lowest BCUT2D eigenvalue weighted by Gasteiger charge is -2.10. The summed E-state index contributed by atoms with van der Waals surface area (Å²) in [7, 11) is -4.48. The summed E-state index contributed by atoms with van der Waals surface area (Å²) in [6.45, 7) is -1.23. The van der Waals surface area contributed by atoms with E-state index in [9.17, 15) is 26.0 Å². The maximum Gasteiger partial charge on any atom is 0.272 e. The number of ether oxygens (including phenoxy) is 1. The van der Waals surface area contributed by atoms with E-state index in [4.69, 9.17) is 0 Å². The number of hydrogen-bond acceptors (Lipinski definition) is 3. The maximum absolute atomic E-state index is 13.2. The van der Waals surface area contributed by atoms with Crippen LogP contribution in [0.15, 0.2) is 17.0 Å². The summed E-state index contributed by atoms with van der Waals surface area (Å²) in [6, 6.07) is 0.689. The fourth-order valence-electron chi connectivity index (χ4n) is 1.03. The molecule has 17 heavy (non-hydrogen) atoms. The number of sulfonamides is 1. The fraction of sp³-hybridized carbons (Fsp3) is 0.250. The third-order valence-electron chi connectivity index (χ3n) is 1.63. The SMILES string of the molecule is NS(=O)(=O)c1cc(F)cc(F)c1OCC(F)F. The van der Waals surface area contributed by atoms with Gasteiger partial charge in [-0.25, -0.2) is 31.1 Å². The number of rotatable bonds is 4. The number of halogens is 4. The quantitative estimate of drug-likeness (QED) is 0.839. The van der Waals surface area contributed by atoms with Crippen molar-refractivity contribution in [2.24, 2.45) is 5.14 Å². The first-order chi connectivity index (χ1) is 7.71. The van der Waals surface area contributed by atoms with Crippen LogP contribution in [-0.4, -0.2) is 21.5 Å². The highest BCUT2D eigenvalue weighted by Gasteiger charge is 2.22. The van der Waals surface area contributed by atoms with Crippen LogP contribution >= 0.6 is 0 Å². The highest BCUT2D eigenvalue weighted by atomic mass is 32.2. The van der Waals surface area contributed by atoms with Crippen LogP contribution in [0.4, 0.5) is 17.6 Å². The Bertz CT molecular complexity index is 518. The molecule has 0 aliphatic rings. The molecular weight excluding hydrogens is 266 g/mol. The first-order valence-electron chi connectivity index (χ1n) is 4.14. The van der Waals surface area contributed by atoms with E-state index < -0.39 is 45.3 Å². The second kappa shape index (κ2) is 4.88. The summed E-state index contributed by atoms with van der Waals surface area (Å²) >= 11 is 0. The van der Waals surface area contributed by atoms with Crippen molar-refractivity contribution < 1.29 is 30.7 Å². The zero-order chi connectivity index (χ0) is 13.2. The van der Waals surface area contributed by atoms with Crippen LogP contribution in [-0.2, 0) is 10.0 Å². The molecule has 1 aromatic rings. The Hall–Kier alpha value is -1.35. The smallest absolute Gasteiger partial charge is 0.272 e. The first-order valence-corrected chi connectivity index (χ1v) is 5.69. The minimum absolute atomic E-state index is 0.301. The van der Waals surface area contributed by atoms with Crippen LogP contribution < -0.4 is 9.88 Å². The lowest BCUT2D eigenvalue weighted by Crippen LogP contribution is -2.17. The number of primary sulfonamides is 1. The molecule has 0 radical (unpaired) electrons. The monoisotopic (exact) mass is 273 g/mol. The van der Waals surface area contributed by atoms with Gasteiger partial charge in [-0.3, -0.25) is 0 Å². The molecule has 0 spiro atoms. The van der Waals surface area contributed by atoms with Gasteiger partial charge in [0.1, 0.15) is 17.3 Å². The predicted octanol–water partition coefficient (Wildman–Crippen LogP) is 1.26. The number of nitrogens with two attached hydrogens (primary N) is 1. The number of benzene rings is 1. The van der Waals surface area contributed by atoms with Crippen molar-refractivity contribution in [2.75, 3.05) is 6.61 Å². The summed E-state index contributed by atoms with van der Waals surface area (Å²) in [4.78, 5) is -1.02. The van der Waals surface area contributed by atoms with E-state index >= 15 is 0 Å². The van der Waals surface area contributed by atoms with Crippen LogP contribution in [0, 0.1) is 11.6 Å². The van der Waals surface area contributed by atoms with Gasteiger partial charge >= 0.3 is 0 Å². The molecule has 0 fully saturated rings. The van der Waals surface area contributed by atoms with Crippen molar-refractivity contribution in [3.05, 3.63) is 23.8 Å². The van der Waals surface area contributed by atoms with Gasteiger partial charge < -0.3 is 4.74 Å². The molecule has 0 aliphatic carbocycles. The van der Waals surface area contributed by atoms with Gasteiger partial charge in [0.15, 0.2) is 11.6 Å². The molecule has 0 atom stereocenters. The molecule has 0 aliphatic heterocycles. The average molecular weight is 273 g/mol. The van der Waals surface area contributed by atoms with Crippen LogP contribution in [0.25, 0.3) is 0 Å². The molecule has 0 saturated heterocycles. The maximum atomic E-state index is 13.2. The largest absolute Gasteiger partial charge is 0.483 e. The minimum Gasteiger partial charge on any atom is -0.483 e. The molecule has 0 heterocycles. The molecule has 0 aromatic heterocycles. The third kappa shape index (κ3) is 3.56. The van der Waals surface area contributed by atoms with Crippen molar-refractivity contribution in [3.8, 4) is 5.75 Å². The summed E-state index contributed by atoms with van der Waals surface area (Å²) in [5, 5.41) is 4.67. The Labute approximate surface area is 94.0 Å². The van der Waals surface area contributed by atoms with E-state index in [1.807, 2.05) is 0 Å². The highest BCUT2D eigenvalue weighted by Crippen LogP contribution is 2.27. The lowest BCUT2D eigenvalue weighted by molar-refractivity contribution is 0.0782. The summed E-state index contributed by atoms with van der Waals surface area (Å²) in [6.07, 6.45) is -2.94. The van der Waals surface area contributed by atoms with E-state index in [-0.39, 0.29) is 0 Å². The van der Waals surface area contributed by atoms with E-state index in [1.54, 1.807) is 0 Å². The van der Waals surface area contributed by atoms with Gasteiger partial charge in [-0.05, 0) is 6.07 Å². The van der Waals surface area contributed by atoms with E-state index in [0.29, 0.717) is 12.1 Å². The van der Waals surface area contributed by atoms with Crippen LogP contribution in [0.2, 0.25) is 0 Å². The van der Waals surface area contributed by atoms with Crippen LogP contribution in [0.5, 0.6) is 5.75 Å². The third-order valence-corrected chi connectivity index (χ3v) is 2.55.